The van der Waals surface area contributed by atoms with E-state index in [1.165, 1.54) is 28.6 Å². The molecule has 1 aromatic carbocycles. The van der Waals surface area contributed by atoms with Gasteiger partial charge in [0.1, 0.15) is 0 Å². The third kappa shape index (κ3) is 2.28. The van der Waals surface area contributed by atoms with Crippen molar-refractivity contribution in [1.29, 1.82) is 0 Å². The minimum absolute atomic E-state index is 0.338. The number of hydrogen-bond donors (Lipinski definition) is 2. The number of hydrogen-bond acceptors (Lipinski definition) is 1. The molecule has 19 heavy (non-hydrogen) atoms. The zero-order valence-electron chi connectivity index (χ0n) is 11.8. The largest absolute Gasteiger partial charge is 0.358 e. The molecule has 0 saturated heterocycles. The minimum Gasteiger partial charge on any atom is -0.358 e. The molecular weight excluding hydrogens is 256 g/mol. The number of rotatable bonds is 2. The van der Waals surface area contributed by atoms with Crippen LogP contribution in [0.2, 0.25) is 5.02 Å². The van der Waals surface area contributed by atoms with Gasteiger partial charge in [0, 0.05) is 27.7 Å². The van der Waals surface area contributed by atoms with Crippen molar-refractivity contribution in [2.24, 2.45) is 5.41 Å². The first-order valence-electron chi connectivity index (χ1n) is 7.03. The summed E-state index contributed by atoms with van der Waals surface area (Å²) in [5.41, 5.74) is 4.35. The fourth-order valence-electron chi connectivity index (χ4n) is 3.40. The number of halogens is 1. The fraction of sp³-hybridized carbons (Fsp3) is 0.500. The average Bonchev–Trinajstić information content (AvgIpc) is 2.64. The van der Waals surface area contributed by atoms with Gasteiger partial charge in [-0.25, -0.2) is 0 Å². The van der Waals surface area contributed by atoms with Crippen molar-refractivity contribution >= 4 is 22.5 Å². The Bertz CT molecular complexity index is 612. The van der Waals surface area contributed by atoms with Crippen LogP contribution in [0, 0.1) is 5.41 Å². The van der Waals surface area contributed by atoms with Gasteiger partial charge in [0.05, 0.1) is 0 Å². The van der Waals surface area contributed by atoms with Gasteiger partial charge in [0.15, 0.2) is 0 Å². The summed E-state index contributed by atoms with van der Waals surface area (Å²) in [6, 6.07) is 6.57. The van der Waals surface area contributed by atoms with E-state index in [0.717, 1.165) is 18.0 Å². The Morgan fingerprint density at radius 1 is 1.42 bits per heavy atom. The Balaban J connectivity index is 2.19. The van der Waals surface area contributed by atoms with Gasteiger partial charge in [-0.05, 0) is 48.6 Å². The monoisotopic (exact) mass is 276 g/mol. The first-order valence-corrected chi connectivity index (χ1v) is 7.41. The fourth-order valence-corrected chi connectivity index (χ4v) is 3.58. The number of fused-ring (bicyclic) bond motifs is 3. The number of nitrogens with one attached hydrogen (secondary N) is 2. The van der Waals surface area contributed by atoms with Gasteiger partial charge >= 0.3 is 0 Å². The van der Waals surface area contributed by atoms with Gasteiger partial charge in [-0.1, -0.05) is 32.4 Å². The molecule has 0 aliphatic heterocycles. The predicted octanol–water partition coefficient (Wildman–Crippen LogP) is 4.44. The van der Waals surface area contributed by atoms with Gasteiger partial charge in [-0.3, -0.25) is 0 Å². The summed E-state index contributed by atoms with van der Waals surface area (Å²) in [5.74, 6) is 0. The molecule has 1 atom stereocenters. The van der Waals surface area contributed by atoms with E-state index in [9.17, 15) is 0 Å². The highest BCUT2D eigenvalue weighted by atomic mass is 35.5. The minimum atomic E-state index is 0.338. The molecular formula is C16H21ClN2. The zero-order valence-corrected chi connectivity index (χ0v) is 12.6. The Hall–Kier alpha value is -0.990. The van der Waals surface area contributed by atoms with Gasteiger partial charge in [-0.15, -0.1) is 0 Å². The van der Waals surface area contributed by atoms with Crippen LogP contribution in [-0.4, -0.2) is 11.5 Å². The van der Waals surface area contributed by atoms with Crippen LogP contribution in [0.1, 0.15) is 44.5 Å². The maximum absolute atomic E-state index is 6.16. The normalized spacial score (nSPS) is 21.6. The van der Waals surface area contributed by atoms with E-state index < -0.39 is 0 Å². The highest BCUT2D eigenvalue weighted by molar-refractivity contribution is 6.31. The molecule has 3 heteroatoms. The lowest BCUT2D eigenvalue weighted by atomic mass is 9.74. The molecule has 0 saturated carbocycles. The standard InChI is InChI=1S/C16H21ClN2/c1-4-18-13-8-16(2,3)9-14-15(13)11-7-10(17)5-6-12(11)19-14/h5-7,13,18-19H,4,8-9H2,1-3H3. The van der Waals surface area contributed by atoms with Crippen LogP contribution < -0.4 is 5.32 Å². The molecule has 0 bridgehead atoms. The molecule has 2 aromatic rings. The van der Waals surface area contributed by atoms with E-state index in [1.54, 1.807) is 0 Å². The van der Waals surface area contributed by atoms with Crippen LogP contribution in [0.5, 0.6) is 0 Å². The third-order valence-corrected chi connectivity index (χ3v) is 4.33. The van der Waals surface area contributed by atoms with Crippen molar-refractivity contribution in [1.82, 2.24) is 10.3 Å². The molecule has 1 aliphatic carbocycles. The average molecular weight is 277 g/mol. The zero-order chi connectivity index (χ0) is 13.6. The first kappa shape index (κ1) is 13.0. The van der Waals surface area contributed by atoms with Crippen molar-refractivity contribution in [3.63, 3.8) is 0 Å². The first-order chi connectivity index (χ1) is 9.00. The van der Waals surface area contributed by atoms with Crippen LogP contribution >= 0.6 is 11.6 Å². The molecule has 0 fully saturated rings. The summed E-state index contributed by atoms with van der Waals surface area (Å²) < 4.78 is 0. The SMILES string of the molecule is CCNC1CC(C)(C)Cc2[nH]c3ccc(Cl)cc3c21. The van der Waals surface area contributed by atoms with E-state index >= 15 is 0 Å². The number of aromatic amines is 1. The molecule has 0 amide bonds. The summed E-state index contributed by atoms with van der Waals surface area (Å²) in [4.78, 5) is 3.59. The van der Waals surface area contributed by atoms with Crippen molar-refractivity contribution in [2.75, 3.05) is 6.54 Å². The summed E-state index contributed by atoms with van der Waals surface area (Å²) in [5, 5.41) is 5.73. The summed E-state index contributed by atoms with van der Waals surface area (Å²) in [6.45, 7) is 7.86. The topological polar surface area (TPSA) is 27.8 Å². The highest BCUT2D eigenvalue weighted by Gasteiger charge is 2.34. The molecule has 102 valence electrons. The van der Waals surface area contributed by atoms with E-state index in [4.69, 9.17) is 11.6 Å². The lowest BCUT2D eigenvalue weighted by Crippen LogP contribution is -2.33. The molecule has 0 spiro atoms. The van der Waals surface area contributed by atoms with E-state index in [-0.39, 0.29) is 0 Å². The van der Waals surface area contributed by atoms with E-state index in [2.05, 4.69) is 43.2 Å². The molecule has 2 N–H and O–H groups in total. The Morgan fingerprint density at radius 3 is 2.95 bits per heavy atom. The molecule has 3 rings (SSSR count). The molecule has 1 heterocycles. The van der Waals surface area contributed by atoms with Crippen molar-refractivity contribution in [3.8, 4) is 0 Å². The van der Waals surface area contributed by atoms with Crippen LogP contribution in [0.3, 0.4) is 0 Å². The second-order valence-electron chi connectivity index (χ2n) is 6.36. The summed E-state index contributed by atoms with van der Waals surface area (Å²) in [7, 11) is 0. The lowest BCUT2D eigenvalue weighted by molar-refractivity contribution is 0.259. The number of aromatic nitrogens is 1. The summed E-state index contributed by atoms with van der Waals surface area (Å²) in [6.07, 6.45) is 2.28. The van der Waals surface area contributed by atoms with Gasteiger partial charge < -0.3 is 10.3 Å². The summed E-state index contributed by atoms with van der Waals surface area (Å²) >= 11 is 6.16. The lowest BCUT2D eigenvalue weighted by Gasteiger charge is -2.35. The Labute approximate surface area is 119 Å². The van der Waals surface area contributed by atoms with Crippen LogP contribution in [0.25, 0.3) is 10.9 Å². The number of benzene rings is 1. The molecule has 1 aliphatic rings. The maximum atomic E-state index is 6.16. The predicted molar refractivity (Wildman–Crippen MR) is 81.8 cm³/mol. The molecule has 0 radical (unpaired) electrons. The quantitative estimate of drug-likeness (QED) is 0.834. The highest BCUT2D eigenvalue weighted by Crippen LogP contribution is 2.43. The third-order valence-electron chi connectivity index (χ3n) is 4.09. The number of H-pyrrole nitrogens is 1. The van der Waals surface area contributed by atoms with Crippen LogP contribution in [-0.2, 0) is 6.42 Å². The van der Waals surface area contributed by atoms with Gasteiger partial charge in [-0.2, -0.15) is 0 Å². The molecule has 1 aromatic heterocycles. The van der Waals surface area contributed by atoms with Crippen molar-refractivity contribution in [2.45, 2.75) is 39.7 Å². The molecule has 2 nitrogen and oxygen atoms in total. The van der Waals surface area contributed by atoms with Gasteiger partial charge in [0.25, 0.3) is 0 Å². The van der Waals surface area contributed by atoms with Crippen LogP contribution in [0.4, 0.5) is 0 Å². The van der Waals surface area contributed by atoms with Gasteiger partial charge in [0.2, 0.25) is 0 Å². The second-order valence-corrected chi connectivity index (χ2v) is 6.80. The van der Waals surface area contributed by atoms with E-state index in [1.807, 2.05) is 6.07 Å². The van der Waals surface area contributed by atoms with Crippen LogP contribution in [0.15, 0.2) is 18.2 Å². The smallest absolute Gasteiger partial charge is 0.0460 e. The van der Waals surface area contributed by atoms with E-state index in [0.29, 0.717) is 11.5 Å². The maximum Gasteiger partial charge on any atom is 0.0460 e. The Morgan fingerprint density at radius 2 is 2.21 bits per heavy atom. The molecule has 1 unspecified atom stereocenters. The second kappa shape index (κ2) is 4.53. The van der Waals surface area contributed by atoms with Crippen molar-refractivity contribution < 1.29 is 0 Å². The Kier molecular flexibility index (Phi) is 3.11. The van der Waals surface area contributed by atoms with Crippen molar-refractivity contribution in [3.05, 3.63) is 34.5 Å².